The summed E-state index contributed by atoms with van der Waals surface area (Å²) in [6.07, 6.45) is 3.58. The molecule has 17 heavy (non-hydrogen) atoms. The minimum absolute atomic E-state index is 0.00736. The standard InChI is InChI=1S/C13H25NO3/c1-10-5-4-6-12(11(10)2)14-13(15)9-17-8-7-16-3/h10-12H,4-9H2,1-3H3,(H,14,15). The Kier molecular flexibility index (Phi) is 6.52. The molecule has 0 aliphatic heterocycles. The summed E-state index contributed by atoms with van der Waals surface area (Å²) in [5.74, 6) is 1.25. The van der Waals surface area contributed by atoms with Gasteiger partial charge in [-0.15, -0.1) is 0 Å². The molecule has 0 aromatic heterocycles. The van der Waals surface area contributed by atoms with Crippen LogP contribution in [-0.4, -0.2) is 38.9 Å². The molecule has 1 amide bonds. The van der Waals surface area contributed by atoms with Crippen molar-refractivity contribution in [3.8, 4) is 0 Å². The summed E-state index contributed by atoms with van der Waals surface area (Å²) in [4.78, 5) is 11.6. The van der Waals surface area contributed by atoms with Gasteiger partial charge in [0.05, 0.1) is 13.2 Å². The van der Waals surface area contributed by atoms with Crippen LogP contribution in [0.25, 0.3) is 0 Å². The normalized spacial score (nSPS) is 29.0. The lowest BCUT2D eigenvalue weighted by molar-refractivity contribution is -0.127. The van der Waals surface area contributed by atoms with Crippen LogP contribution >= 0.6 is 0 Å². The van der Waals surface area contributed by atoms with Gasteiger partial charge in [0, 0.05) is 13.2 Å². The fraction of sp³-hybridized carbons (Fsp3) is 0.923. The minimum atomic E-state index is -0.00736. The molecule has 0 aromatic rings. The van der Waals surface area contributed by atoms with Crippen LogP contribution in [0.1, 0.15) is 33.1 Å². The summed E-state index contributed by atoms with van der Waals surface area (Å²) >= 11 is 0. The number of nitrogens with one attached hydrogen (secondary N) is 1. The van der Waals surface area contributed by atoms with E-state index in [9.17, 15) is 4.79 Å². The Labute approximate surface area is 104 Å². The lowest BCUT2D eigenvalue weighted by Gasteiger charge is -2.34. The third-order valence-electron chi connectivity index (χ3n) is 3.72. The highest BCUT2D eigenvalue weighted by atomic mass is 16.5. The van der Waals surface area contributed by atoms with E-state index in [2.05, 4.69) is 19.2 Å². The maximum absolute atomic E-state index is 11.6. The van der Waals surface area contributed by atoms with Gasteiger partial charge in [0.25, 0.3) is 0 Å². The van der Waals surface area contributed by atoms with E-state index in [0.29, 0.717) is 31.1 Å². The topological polar surface area (TPSA) is 47.6 Å². The zero-order chi connectivity index (χ0) is 12.7. The summed E-state index contributed by atoms with van der Waals surface area (Å²) in [6, 6.07) is 0.317. The third kappa shape index (κ3) is 5.04. The van der Waals surface area contributed by atoms with E-state index in [0.717, 1.165) is 6.42 Å². The molecule has 0 spiro atoms. The number of rotatable bonds is 6. The summed E-state index contributed by atoms with van der Waals surface area (Å²) in [6.45, 7) is 5.63. The van der Waals surface area contributed by atoms with Crippen LogP contribution in [0.3, 0.4) is 0 Å². The van der Waals surface area contributed by atoms with Gasteiger partial charge >= 0.3 is 0 Å². The maximum Gasteiger partial charge on any atom is 0.246 e. The molecule has 1 aliphatic rings. The van der Waals surface area contributed by atoms with Crippen molar-refractivity contribution in [2.75, 3.05) is 26.9 Å². The van der Waals surface area contributed by atoms with Gasteiger partial charge in [-0.3, -0.25) is 4.79 Å². The molecule has 3 unspecified atom stereocenters. The van der Waals surface area contributed by atoms with Crippen LogP contribution in [0.4, 0.5) is 0 Å². The smallest absolute Gasteiger partial charge is 0.246 e. The quantitative estimate of drug-likeness (QED) is 0.721. The van der Waals surface area contributed by atoms with Gasteiger partial charge < -0.3 is 14.8 Å². The molecular formula is C13H25NO3. The van der Waals surface area contributed by atoms with Gasteiger partial charge in [0.1, 0.15) is 6.61 Å². The van der Waals surface area contributed by atoms with E-state index < -0.39 is 0 Å². The molecule has 0 radical (unpaired) electrons. The van der Waals surface area contributed by atoms with Gasteiger partial charge in [-0.25, -0.2) is 0 Å². The number of hydrogen-bond acceptors (Lipinski definition) is 3. The minimum Gasteiger partial charge on any atom is -0.382 e. The van der Waals surface area contributed by atoms with Crippen molar-refractivity contribution >= 4 is 5.91 Å². The van der Waals surface area contributed by atoms with Crippen molar-refractivity contribution in [1.29, 1.82) is 0 Å². The molecule has 1 fully saturated rings. The Morgan fingerprint density at radius 1 is 1.29 bits per heavy atom. The largest absolute Gasteiger partial charge is 0.382 e. The second-order valence-corrected chi connectivity index (χ2v) is 4.99. The average molecular weight is 243 g/mol. The van der Waals surface area contributed by atoms with Gasteiger partial charge in [0.2, 0.25) is 5.91 Å². The van der Waals surface area contributed by atoms with Crippen LogP contribution in [0, 0.1) is 11.8 Å². The van der Waals surface area contributed by atoms with E-state index in [-0.39, 0.29) is 12.5 Å². The fourth-order valence-electron chi connectivity index (χ4n) is 2.34. The Bertz CT molecular complexity index is 233. The summed E-state index contributed by atoms with van der Waals surface area (Å²) < 4.78 is 10.1. The lowest BCUT2D eigenvalue weighted by atomic mass is 9.78. The number of amides is 1. The highest BCUT2D eigenvalue weighted by molar-refractivity contribution is 5.77. The first-order valence-corrected chi connectivity index (χ1v) is 6.51. The molecule has 100 valence electrons. The highest BCUT2D eigenvalue weighted by Crippen LogP contribution is 2.29. The van der Waals surface area contributed by atoms with Crippen LogP contribution in [0.2, 0.25) is 0 Å². The van der Waals surface area contributed by atoms with Crippen molar-refractivity contribution in [2.24, 2.45) is 11.8 Å². The van der Waals surface area contributed by atoms with Crippen molar-refractivity contribution in [3.63, 3.8) is 0 Å². The van der Waals surface area contributed by atoms with Crippen LogP contribution in [0.5, 0.6) is 0 Å². The second kappa shape index (κ2) is 7.67. The molecule has 4 nitrogen and oxygen atoms in total. The highest BCUT2D eigenvalue weighted by Gasteiger charge is 2.27. The first-order valence-electron chi connectivity index (χ1n) is 6.51. The van der Waals surface area contributed by atoms with Gasteiger partial charge in [-0.1, -0.05) is 26.7 Å². The van der Waals surface area contributed by atoms with E-state index in [1.807, 2.05) is 0 Å². The molecule has 0 bridgehead atoms. The molecule has 1 saturated carbocycles. The van der Waals surface area contributed by atoms with Gasteiger partial charge in [-0.05, 0) is 18.3 Å². The van der Waals surface area contributed by atoms with Crippen molar-refractivity contribution in [1.82, 2.24) is 5.32 Å². The van der Waals surface area contributed by atoms with Crippen molar-refractivity contribution < 1.29 is 14.3 Å². The SMILES string of the molecule is COCCOCC(=O)NC1CCCC(C)C1C. The molecule has 4 heteroatoms. The first kappa shape index (κ1) is 14.5. The molecule has 0 saturated heterocycles. The van der Waals surface area contributed by atoms with E-state index >= 15 is 0 Å². The average Bonchev–Trinajstić information content (AvgIpc) is 2.31. The molecule has 1 rings (SSSR count). The van der Waals surface area contributed by atoms with Gasteiger partial charge in [0.15, 0.2) is 0 Å². The van der Waals surface area contributed by atoms with Crippen LogP contribution < -0.4 is 5.32 Å². The van der Waals surface area contributed by atoms with E-state index in [4.69, 9.17) is 9.47 Å². The van der Waals surface area contributed by atoms with Crippen LogP contribution in [-0.2, 0) is 14.3 Å². The molecule has 0 heterocycles. The molecule has 1 N–H and O–H groups in total. The maximum atomic E-state index is 11.6. The summed E-state index contributed by atoms with van der Waals surface area (Å²) in [7, 11) is 1.62. The first-order chi connectivity index (χ1) is 8.15. The fourth-order valence-corrected chi connectivity index (χ4v) is 2.34. The summed E-state index contributed by atoms with van der Waals surface area (Å²) in [5.41, 5.74) is 0. The monoisotopic (exact) mass is 243 g/mol. The third-order valence-corrected chi connectivity index (χ3v) is 3.72. The Hall–Kier alpha value is -0.610. The van der Waals surface area contributed by atoms with E-state index in [1.165, 1.54) is 12.8 Å². The predicted molar refractivity (Wildman–Crippen MR) is 66.8 cm³/mol. The number of ether oxygens (including phenoxy) is 2. The van der Waals surface area contributed by atoms with E-state index in [1.54, 1.807) is 7.11 Å². The zero-order valence-electron chi connectivity index (χ0n) is 11.2. The molecular weight excluding hydrogens is 218 g/mol. The second-order valence-electron chi connectivity index (χ2n) is 4.99. The molecule has 3 atom stereocenters. The number of carbonyl (C=O) groups is 1. The molecule has 1 aliphatic carbocycles. The number of carbonyl (C=O) groups excluding carboxylic acids is 1. The number of methoxy groups -OCH3 is 1. The number of hydrogen-bond donors (Lipinski definition) is 1. The zero-order valence-corrected chi connectivity index (χ0v) is 11.2. The van der Waals surface area contributed by atoms with Gasteiger partial charge in [-0.2, -0.15) is 0 Å². The Balaban J connectivity index is 2.20. The predicted octanol–water partition coefficient (Wildman–Crippen LogP) is 1.59. The van der Waals surface area contributed by atoms with Crippen LogP contribution in [0.15, 0.2) is 0 Å². The Morgan fingerprint density at radius 3 is 2.76 bits per heavy atom. The Morgan fingerprint density at radius 2 is 2.06 bits per heavy atom. The molecule has 0 aromatic carbocycles. The van der Waals surface area contributed by atoms with Crippen molar-refractivity contribution in [3.05, 3.63) is 0 Å². The lowest BCUT2D eigenvalue weighted by Crippen LogP contribution is -2.45. The van der Waals surface area contributed by atoms with Crippen molar-refractivity contribution in [2.45, 2.75) is 39.2 Å². The summed E-state index contributed by atoms with van der Waals surface area (Å²) in [5, 5.41) is 3.07.